The third-order valence-corrected chi connectivity index (χ3v) is 4.88. The van der Waals surface area contributed by atoms with E-state index in [-0.39, 0.29) is 28.8 Å². The molecular formula is C25H19F3N6O2. The number of amides is 1. The van der Waals surface area contributed by atoms with Crippen molar-refractivity contribution in [3.63, 3.8) is 0 Å². The number of benzene rings is 2. The second-order valence-corrected chi connectivity index (χ2v) is 7.44. The second-order valence-electron chi connectivity index (χ2n) is 7.44. The topological polar surface area (TPSA) is 115 Å². The van der Waals surface area contributed by atoms with E-state index in [1.54, 1.807) is 49.8 Å². The SMILES string of the molecule is CN=Cc1c(N)nc(-c2cccnc2)nc1Oc1cccc(NC(=O)c2cccc(C(F)(F)F)c2)c1. The van der Waals surface area contributed by atoms with Gasteiger partial charge in [0, 0.05) is 48.5 Å². The Morgan fingerprint density at radius 2 is 1.89 bits per heavy atom. The molecule has 4 aromatic rings. The lowest BCUT2D eigenvalue weighted by Crippen LogP contribution is -2.14. The number of hydrogen-bond donors (Lipinski definition) is 2. The highest BCUT2D eigenvalue weighted by Crippen LogP contribution is 2.31. The van der Waals surface area contributed by atoms with E-state index in [2.05, 4.69) is 25.3 Å². The number of nitrogens with two attached hydrogens (primary N) is 1. The first-order valence-corrected chi connectivity index (χ1v) is 10.5. The Hall–Kier alpha value is -4.80. The van der Waals surface area contributed by atoms with Crippen molar-refractivity contribution in [1.82, 2.24) is 15.0 Å². The van der Waals surface area contributed by atoms with Gasteiger partial charge in [-0.05, 0) is 42.5 Å². The largest absolute Gasteiger partial charge is 0.438 e. The van der Waals surface area contributed by atoms with Gasteiger partial charge in [-0.1, -0.05) is 12.1 Å². The van der Waals surface area contributed by atoms with Crippen molar-refractivity contribution in [2.45, 2.75) is 6.18 Å². The van der Waals surface area contributed by atoms with Gasteiger partial charge >= 0.3 is 6.18 Å². The molecule has 0 radical (unpaired) electrons. The molecule has 2 aromatic heterocycles. The third-order valence-electron chi connectivity index (χ3n) is 4.88. The van der Waals surface area contributed by atoms with E-state index in [9.17, 15) is 18.0 Å². The minimum absolute atomic E-state index is 0.119. The minimum atomic E-state index is -4.56. The van der Waals surface area contributed by atoms with Gasteiger partial charge in [0.15, 0.2) is 5.82 Å². The quantitative estimate of drug-likeness (QED) is 0.356. The van der Waals surface area contributed by atoms with Crippen LogP contribution < -0.4 is 15.8 Å². The van der Waals surface area contributed by atoms with E-state index in [0.717, 1.165) is 12.1 Å². The Morgan fingerprint density at radius 3 is 2.61 bits per heavy atom. The average Bonchev–Trinajstić information content (AvgIpc) is 2.86. The number of carbonyl (C=O) groups is 1. The Kier molecular flexibility index (Phi) is 6.91. The van der Waals surface area contributed by atoms with Crippen molar-refractivity contribution in [2.24, 2.45) is 4.99 Å². The summed E-state index contributed by atoms with van der Waals surface area (Å²) in [6.45, 7) is 0. The fraction of sp³-hybridized carbons (Fsp3) is 0.0800. The molecule has 0 unspecified atom stereocenters. The average molecular weight is 492 g/mol. The predicted molar refractivity (Wildman–Crippen MR) is 129 cm³/mol. The van der Waals surface area contributed by atoms with Crippen LogP contribution in [-0.2, 0) is 6.18 Å². The van der Waals surface area contributed by atoms with Crippen LogP contribution in [0.1, 0.15) is 21.5 Å². The maximum absolute atomic E-state index is 13.0. The molecule has 1 amide bonds. The van der Waals surface area contributed by atoms with Crippen LogP contribution in [-0.4, -0.2) is 34.1 Å². The van der Waals surface area contributed by atoms with Crippen LogP contribution in [0.2, 0.25) is 0 Å². The summed E-state index contributed by atoms with van der Waals surface area (Å²) in [6.07, 6.45) is 0.0895. The maximum Gasteiger partial charge on any atom is 0.416 e. The van der Waals surface area contributed by atoms with Gasteiger partial charge in [0.25, 0.3) is 5.91 Å². The van der Waals surface area contributed by atoms with Crippen LogP contribution in [0.25, 0.3) is 11.4 Å². The summed E-state index contributed by atoms with van der Waals surface area (Å²) in [5, 5.41) is 2.57. The lowest BCUT2D eigenvalue weighted by Gasteiger charge is -2.13. The number of anilines is 2. The fourth-order valence-corrected chi connectivity index (χ4v) is 3.21. The highest BCUT2D eigenvalue weighted by atomic mass is 19.4. The number of rotatable bonds is 6. The number of carbonyl (C=O) groups excluding carboxylic acids is 1. The van der Waals surface area contributed by atoms with Crippen LogP contribution in [0.15, 0.2) is 78.0 Å². The van der Waals surface area contributed by atoms with E-state index < -0.39 is 17.6 Å². The van der Waals surface area contributed by atoms with Gasteiger partial charge in [-0.15, -0.1) is 0 Å². The van der Waals surface area contributed by atoms with Crippen molar-refractivity contribution >= 4 is 23.6 Å². The summed E-state index contributed by atoms with van der Waals surface area (Å²) < 4.78 is 44.9. The minimum Gasteiger partial charge on any atom is -0.438 e. The number of aromatic nitrogens is 3. The number of nitrogens with zero attached hydrogens (tertiary/aromatic N) is 4. The zero-order chi connectivity index (χ0) is 25.7. The molecule has 0 aliphatic carbocycles. The van der Waals surface area contributed by atoms with E-state index in [4.69, 9.17) is 10.5 Å². The number of hydrogen-bond acceptors (Lipinski definition) is 7. The number of pyridine rings is 1. The van der Waals surface area contributed by atoms with Gasteiger partial charge in [-0.25, -0.2) is 4.98 Å². The maximum atomic E-state index is 13.0. The molecule has 0 aliphatic rings. The van der Waals surface area contributed by atoms with E-state index >= 15 is 0 Å². The number of ether oxygens (including phenoxy) is 1. The molecule has 0 bridgehead atoms. The van der Waals surface area contributed by atoms with Gasteiger partial charge in [-0.2, -0.15) is 18.2 Å². The van der Waals surface area contributed by atoms with Crippen LogP contribution in [0.4, 0.5) is 24.7 Å². The van der Waals surface area contributed by atoms with Crippen molar-refractivity contribution in [2.75, 3.05) is 18.1 Å². The molecule has 8 nitrogen and oxygen atoms in total. The van der Waals surface area contributed by atoms with Crippen LogP contribution in [0.5, 0.6) is 11.6 Å². The van der Waals surface area contributed by atoms with E-state index in [0.29, 0.717) is 16.8 Å². The Morgan fingerprint density at radius 1 is 1.08 bits per heavy atom. The Bertz CT molecular complexity index is 1430. The molecule has 0 atom stereocenters. The van der Waals surface area contributed by atoms with Crippen LogP contribution in [0, 0.1) is 0 Å². The van der Waals surface area contributed by atoms with Crippen LogP contribution in [0.3, 0.4) is 0 Å². The summed E-state index contributed by atoms with van der Waals surface area (Å²) in [6, 6.07) is 14.0. The number of aliphatic imine (C=N–C) groups is 1. The van der Waals surface area contributed by atoms with Crippen LogP contribution >= 0.6 is 0 Å². The molecule has 182 valence electrons. The summed E-state index contributed by atoms with van der Waals surface area (Å²) in [5.41, 5.74) is 6.34. The van der Waals surface area contributed by atoms with Crippen molar-refractivity contribution in [3.8, 4) is 23.0 Å². The lowest BCUT2D eigenvalue weighted by molar-refractivity contribution is -0.137. The summed E-state index contributed by atoms with van der Waals surface area (Å²) >= 11 is 0. The standard InChI is InChI=1S/C25H19F3N6O2/c1-30-14-20-21(29)33-22(16-6-4-10-31-13-16)34-24(20)36-19-9-3-8-18(12-19)32-23(35)15-5-2-7-17(11-15)25(26,27)28/h2-14H,1H3,(H,32,35)(H2,29,33,34). The van der Waals surface area contributed by atoms with Gasteiger partial charge < -0.3 is 15.8 Å². The summed E-state index contributed by atoms with van der Waals surface area (Å²) in [7, 11) is 1.56. The molecule has 36 heavy (non-hydrogen) atoms. The van der Waals surface area contributed by atoms with Gasteiger partial charge in [0.05, 0.1) is 11.1 Å². The molecule has 0 spiro atoms. The molecule has 2 heterocycles. The normalized spacial score (nSPS) is 11.4. The lowest BCUT2D eigenvalue weighted by atomic mass is 10.1. The molecule has 2 aromatic carbocycles. The molecular weight excluding hydrogens is 473 g/mol. The molecule has 0 fully saturated rings. The monoisotopic (exact) mass is 492 g/mol. The third kappa shape index (κ3) is 5.63. The number of halogens is 3. The number of alkyl halides is 3. The van der Waals surface area contributed by atoms with Crippen molar-refractivity contribution in [1.29, 1.82) is 0 Å². The predicted octanol–water partition coefficient (Wildman–Crippen LogP) is 5.23. The van der Waals surface area contributed by atoms with Gasteiger partial charge in [0.2, 0.25) is 5.88 Å². The highest BCUT2D eigenvalue weighted by molar-refractivity contribution is 6.04. The van der Waals surface area contributed by atoms with Crippen molar-refractivity contribution < 1.29 is 22.7 Å². The zero-order valence-electron chi connectivity index (χ0n) is 18.8. The first-order valence-electron chi connectivity index (χ1n) is 10.5. The number of nitrogen functional groups attached to an aromatic ring is 1. The zero-order valence-corrected chi connectivity index (χ0v) is 18.8. The highest BCUT2D eigenvalue weighted by Gasteiger charge is 2.30. The molecule has 11 heteroatoms. The number of nitrogens with one attached hydrogen (secondary N) is 1. The fourth-order valence-electron chi connectivity index (χ4n) is 3.21. The van der Waals surface area contributed by atoms with E-state index in [1.165, 1.54) is 24.4 Å². The molecule has 0 aliphatic heterocycles. The van der Waals surface area contributed by atoms with Gasteiger partial charge in [-0.3, -0.25) is 14.8 Å². The first kappa shape index (κ1) is 24.3. The summed E-state index contributed by atoms with van der Waals surface area (Å²) in [5.74, 6) is 0.129. The molecule has 0 saturated heterocycles. The van der Waals surface area contributed by atoms with Gasteiger partial charge in [0.1, 0.15) is 11.6 Å². The van der Waals surface area contributed by atoms with Crippen molar-refractivity contribution in [3.05, 3.63) is 89.7 Å². The Balaban J connectivity index is 1.61. The summed E-state index contributed by atoms with van der Waals surface area (Å²) in [4.78, 5) is 29.3. The molecule has 0 saturated carbocycles. The molecule has 4 rings (SSSR count). The second kappa shape index (κ2) is 10.2. The smallest absolute Gasteiger partial charge is 0.416 e. The van der Waals surface area contributed by atoms with E-state index in [1.807, 2.05) is 0 Å². The first-order chi connectivity index (χ1) is 17.2. The molecule has 3 N–H and O–H groups in total. The Labute approximate surface area is 203 Å².